The van der Waals surface area contributed by atoms with Crippen LogP contribution < -0.4 is 4.90 Å². The second-order valence-electron chi connectivity index (χ2n) is 4.28. The number of aldehydes is 1. The third-order valence-electron chi connectivity index (χ3n) is 3.19. The molecule has 0 spiro atoms. The lowest BCUT2D eigenvalue weighted by Gasteiger charge is -2.35. The van der Waals surface area contributed by atoms with Gasteiger partial charge in [-0.05, 0) is 17.7 Å². The fourth-order valence-corrected chi connectivity index (χ4v) is 2.11. The van der Waals surface area contributed by atoms with Crippen molar-refractivity contribution in [3.8, 4) is 0 Å². The van der Waals surface area contributed by atoms with Crippen LogP contribution in [-0.4, -0.2) is 49.0 Å². The summed E-state index contributed by atoms with van der Waals surface area (Å²) in [5, 5.41) is 8.98. The van der Waals surface area contributed by atoms with Gasteiger partial charge < -0.3 is 14.8 Å². The van der Waals surface area contributed by atoms with Crippen molar-refractivity contribution in [3.05, 3.63) is 29.8 Å². The molecule has 92 valence electrons. The standard InChI is InChI=1S/C13H18N2O2/c16-10-9-14-5-7-15(8-6-14)13-3-1-12(11-17)2-4-13/h1-4,10,17H,5-9,11H2. The highest BCUT2D eigenvalue weighted by Gasteiger charge is 2.16. The molecule has 1 aromatic rings. The first-order valence-electron chi connectivity index (χ1n) is 5.94. The van der Waals surface area contributed by atoms with Crippen LogP contribution in [0.2, 0.25) is 0 Å². The van der Waals surface area contributed by atoms with Crippen LogP contribution in [0.4, 0.5) is 5.69 Å². The largest absolute Gasteiger partial charge is 0.392 e. The predicted octanol–water partition coefficient (Wildman–Crippen LogP) is 0.500. The maximum Gasteiger partial charge on any atom is 0.133 e. The van der Waals surface area contributed by atoms with E-state index in [0.717, 1.165) is 38.0 Å². The van der Waals surface area contributed by atoms with Gasteiger partial charge in [-0.2, -0.15) is 0 Å². The van der Waals surface area contributed by atoms with Crippen molar-refractivity contribution in [1.82, 2.24) is 4.90 Å². The van der Waals surface area contributed by atoms with Crippen LogP contribution in [0.15, 0.2) is 24.3 Å². The molecule has 4 nitrogen and oxygen atoms in total. The maximum absolute atomic E-state index is 10.4. The molecule has 0 amide bonds. The Bertz CT molecular complexity index is 356. The lowest BCUT2D eigenvalue weighted by molar-refractivity contribution is -0.108. The number of carbonyl (C=O) groups excluding carboxylic acids is 1. The summed E-state index contributed by atoms with van der Waals surface area (Å²) in [6.45, 7) is 4.39. The molecule has 1 aliphatic heterocycles. The van der Waals surface area contributed by atoms with Gasteiger partial charge in [0.05, 0.1) is 13.2 Å². The molecule has 1 aromatic carbocycles. The van der Waals surface area contributed by atoms with Crippen LogP contribution in [0.1, 0.15) is 5.56 Å². The first kappa shape index (κ1) is 12.1. The van der Waals surface area contributed by atoms with E-state index in [1.165, 1.54) is 5.69 Å². The highest BCUT2D eigenvalue weighted by molar-refractivity contribution is 5.52. The van der Waals surface area contributed by atoms with E-state index in [4.69, 9.17) is 5.11 Å². The number of carbonyl (C=O) groups is 1. The molecular formula is C13H18N2O2. The van der Waals surface area contributed by atoms with Gasteiger partial charge in [0, 0.05) is 31.9 Å². The number of hydrogen-bond acceptors (Lipinski definition) is 4. The zero-order valence-electron chi connectivity index (χ0n) is 9.88. The quantitative estimate of drug-likeness (QED) is 0.771. The molecular weight excluding hydrogens is 216 g/mol. The summed E-state index contributed by atoms with van der Waals surface area (Å²) in [6.07, 6.45) is 0.964. The summed E-state index contributed by atoms with van der Waals surface area (Å²) in [4.78, 5) is 14.9. The van der Waals surface area contributed by atoms with Gasteiger partial charge in [-0.1, -0.05) is 12.1 Å². The first-order valence-corrected chi connectivity index (χ1v) is 5.94. The second-order valence-corrected chi connectivity index (χ2v) is 4.28. The zero-order chi connectivity index (χ0) is 12.1. The van der Waals surface area contributed by atoms with E-state index in [2.05, 4.69) is 9.80 Å². The van der Waals surface area contributed by atoms with Crippen molar-refractivity contribution in [2.24, 2.45) is 0 Å². The average Bonchev–Trinajstić information content (AvgIpc) is 2.40. The molecule has 1 saturated heterocycles. The van der Waals surface area contributed by atoms with Gasteiger partial charge in [0.25, 0.3) is 0 Å². The highest BCUT2D eigenvalue weighted by atomic mass is 16.3. The van der Waals surface area contributed by atoms with Crippen molar-refractivity contribution in [2.75, 3.05) is 37.6 Å². The minimum atomic E-state index is 0.0907. The van der Waals surface area contributed by atoms with Crippen LogP contribution in [-0.2, 0) is 11.4 Å². The van der Waals surface area contributed by atoms with E-state index < -0.39 is 0 Å². The third kappa shape index (κ3) is 3.05. The number of benzene rings is 1. The van der Waals surface area contributed by atoms with E-state index >= 15 is 0 Å². The fourth-order valence-electron chi connectivity index (χ4n) is 2.11. The number of nitrogens with zero attached hydrogens (tertiary/aromatic N) is 2. The highest BCUT2D eigenvalue weighted by Crippen LogP contribution is 2.17. The van der Waals surface area contributed by atoms with Crippen LogP contribution in [0, 0.1) is 0 Å². The average molecular weight is 234 g/mol. The molecule has 0 saturated carbocycles. The summed E-state index contributed by atoms with van der Waals surface area (Å²) in [6, 6.07) is 7.99. The lowest BCUT2D eigenvalue weighted by atomic mass is 10.2. The maximum atomic E-state index is 10.4. The van der Waals surface area contributed by atoms with E-state index in [1.807, 2.05) is 24.3 Å². The molecule has 1 N–H and O–H groups in total. The lowest BCUT2D eigenvalue weighted by Crippen LogP contribution is -2.46. The Labute approximate surface area is 101 Å². The van der Waals surface area contributed by atoms with Crippen LogP contribution in [0.5, 0.6) is 0 Å². The van der Waals surface area contributed by atoms with Crippen LogP contribution in [0.25, 0.3) is 0 Å². The molecule has 0 aliphatic carbocycles. The number of hydrogen-bond donors (Lipinski definition) is 1. The number of piperazine rings is 1. The molecule has 1 heterocycles. The molecule has 0 radical (unpaired) electrons. The molecule has 0 atom stereocenters. The zero-order valence-corrected chi connectivity index (χ0v) is 9.88. The van der Waals surface area contributed by atoms with Crippen molar-refractivity contribution in [3.63, 3.8) is 0 Å². The first-order chi connectivity index (χ1) is 8.33. The van der Waals surface area contributed by atoms with Crippen molar-refractivity contribution >= 4 is 12.0 Å². The molecule has 1 fully saturated rings. The Kier molecular flexibility index (Phi) is 4.12. The molecule has 1 aliphatic rings. The fraction of sp³-hybridized carbons (Fsp3) is 0.462. The summed E-state index contributed by atoms with van der Waals surface area (Å²) in [5.74, 6) is 0. The molecule has 2 rings (SSSR count). The van der Waals surface area contributed by atoms with E-state index in [-0.39, 0.29) is 6.61 Å². The van der Waals surface area contributed by atoms with Crippen LogP contribution >= 0.6 is 0 Å². The van der Waals surface area contributed by atoms with Crippen molar-refractivity contribution in [1.29, 1.82) is 0 Å². The normalized spacial score (nSPS) is 17.1. The Morgan fingerprint density at radius 2 is 1.76 bits per heavy atom. The SMILES string of the molecule is O=CCN1CCN(c2ccc(CO)cc2)CC1. The Morgan fingerprint density at radius 1 is 1.12 bits per heavy atom. The van der Waals surface area contributed by atoms with Gasteiger partial charge in [-0.15, -0.1) is 0 Å². The smallest absolute Gasteiger partial charge is 0.133 e. The monoisotopic (exact) mass is 234 g/mol. The summed E-state index contributed by atoms with van der Waals surface area (Å²) in [7, 11) is 0. The molecule has 4 heteroatoms. The summed E-state index contributed by atoms with van der Waals surface area (Å²) >= 11 is 0. The Hall–Kier alpha value is -1.39. The summed E-state index contributed by atoms with van der Waals surface area (Å²) in [5.41, 5.74) is 2.13. The molecule has 0 aromatic heterocycles. The van der Waals surface area contributed by atoms with E-state index in [9.17, 15) is 4.79 Å². The van der Waals surface area contributed by atoms with Crippen molar-refractivity contribution < 1.29 is 9.90 Å². The van der Waals surface area contributed by atoms with E-state index in [1.54, 1.807) is 0 Å². The number of aliphatic hydroxyl groups excluding tert-OH is 1. The molecule has 0 bridgehead atoms. The molecule has 0 unspecified atom stereocenters. The third-order valence-corrected chi connectivity index (χ3v) is 3.19. The number of aliphatic hydroxyl groups is 1. The van der Waals surface area contributed by atoms with Gasteiger partial charge in [0.1, 0.15) is 6.29 Å². The molecule has 17 heavy (non-hydrogen) atoms. The topological polar surface area (TPSA) is 43.8 Å². The van der Waals surface area contributed by atoms with Gasteiger partial charge in [-0.25, -0.2) is 0 Å². The van der Waals surface area contributed by atoms with E-state index in [0.29, 0.717) is 6.54 Å². The Morgan fingerprint density at radius 3 is 2.29 bits per heavy atom. The van der Waals surface area contributed by atoms with Gasteiger partial charge in [0.2, 0.25) is 0 Å². The number of rotatable bonds is 4. The minimum Gasteiger partial charge on any atom is -0.392 e. The Balaban J connectivity index is 1.93. The van der Waals surface area contributed by atoms with Crippen molar-refractivity contribution in [2.45, 2.75) is 6.61 Å². The van der Waals surface area contributed by atoms with Gasteiger partial charge in [0.15, 0.2) is 0 Å². The minimum absolute atomic E-state index is 0.0907. The predicted molar refractivity (Wildman–Crippen MR) is 67.1 cm³/mol. The number of anilines is 1. The van der Waals surface area contributed by atoms with Crippen LogP contribution in [0.3, 0.4) is 0 Å². The van der Waals surface area contributed by atoms with Gasteiger partial charge >= 0.3 is 0 Å². The van der Waals surface area contributed by atoms with Gasteiger partial charge in [-0.3, -0.25) is 4.90 Å². The summed E-state index contributed by atoms with van der Waals surface area (Å²) < 4.78 is 0. The second kappa shape index (κ2) is 5.80.